The van der Waals surface area contributed by atoms with Crippen molar-refractivity contribution in [3.05, 3.63) is 58.8 Å². The minimum atomic E-state index is -0.00350. The molecule has 0 unspecified atom stereocenters. The second-order valence-corrected chi connectivity index (χ2v) is 5.65. The second kappa shape index (κ2) is 6.81. The van der Waals surface area contributed by atoms with Gasteiger partial charge in [0.25, 0.3) is 0 Å². The Morgan fingerprint density at radius 1 is 1.23 bits per heavy atom. The van der Waals surface area contributed by atoms with Crippen LogP contribution in [0.1, 0.15) is 18.4 Å². The number of rotatable bonds is 6. The molecule has 2 aliphatic rings. The summed E-state index contributed by atoms with van der Waals surface area (Å²) in [4.78, 5) is 16.2. The Balaban J connectivity index is 1.60. The van der Waals surface area contributed by atoms with E-state index in [2.05, 4.69) is 28.5 Å². The summed E-state index contributed by atoms with van der Waals surface area (Å²) < 4.78 is 0. The molecule has 0 saturated carbocycles. The van der Waals surface area contributed by atoms with Crippen LogP contribution in [0.4, 0.5) is 0 Å². The van der Waals surface area contributed by atoms with Gasteiger partial charge < -0.3 is 10.4 Å². The van der Waals surface area contributed by atoms with Crippen LogP contribution in [-0.4, -0.2) is 36.3 Å². The van der Waals surface area contributed by atoms with Crippen LogP contribution in [0, 0.1) is 0 Å². The van der Waals surface area contributed by atoms with Crippen LogP contribution in [0.15, 0.2) is 58.2 Å². The maximum absolute atomic E-state index is 11.8. The van der Waals surface area contributed by atoms with Gasteiger partial charge in [0, 0.05) is 30.8 Å². The highest BCUT2D eigenvalue weighted by Crippen LogP contribution is 2.30. The highest BCUT2D eigenvalue weighted by molar-refractivity contribution is 6.07. The molecule has 1 aromatic rings. The number of benzene rings is 1. The Bertz CT molecular complexity index is 644. The first-order valence-electron chi connectivity index (χ1n) is 7.64. The van der Waals surface area contributed by atoms with E-state index in [0.29, 0.717) is 19.4 Å². The minimum absolute atomic E-state index is 0.00350. The molecule has 1 heterocycles. The number of aliphatic hydroxyl groups excluding tert-OH is 1. The Labute approximate surface area is 130 Å². The molecular weight excluding hydrogens is 276 g/mol. The smallest absolute Gasteiger partial charge is 0.166 e. The zero-order chi connectivity index (χ0) is 15.4. The number of nitrogens with one attached hydrogen (secondary N) is 1. The molecule has 0 amide bonds. The van der Waals surface area contributed by atoms with Gasteiger partial charge in [-0.25, -0.2) is 0 Å². The lowest BCUT2D eigenvalue weighted by Gasteiger charge is -2.18. The third kappa shape index (κ3) is 3.24. The van der Waals surface area contributed by atoms with Crippen LogP contribution in [0.5, 0.6) is 0 Å². The molecule has 0 bridgehead atoms. The van der Waals surface area contributed by atoms with Crippen molar-refractivity contribution in [3.63, 3.8) is 0 Å². The van der Waals surface area contributed by atoms with E-state index in [9.17, 15) is 9.90 Å². The number of hydrogen-bond donors (Lipinski definition) is 2. The molecule has 0 radical (unpaired) electrons. The monoisotopic (exact) mass is 296 g/mol. The van der Waals surface area contributed by atoms with Crippen molar-refractivity contribution in [3.8, 4) is 0 Å². The van der Waals surface area contributed by atoms with Gasteiger partial charge in [0.1, 0.15) is 0 Å². The summed E-state index contributed by atoms with van der Waals surface area (Å²) in [6.45, 7) is 0.706. The van der Waals surface area contributed by atoms with Crippen molar-refractivity contribution in [2.24, 2.45) is 4.99 Å². The van der Waals surface area contributed by atoms with Gasteiger partial charge in [-0.05, 0) is 24.0 Å². The fourth-order valence-electron chi connectivity index (χ4n) is 2.87. The lowest BCUT2D eigenvalue weighted by Crippen LogP contribution is -2.36. The first-order chi connectivity index (χ1) is 10.8. The lowest BCUT2D eigenvalue weighted by atomic mass is 10.0. The van der Waals surface area contributed by atoms with E-state index >= 15 is 0 Å². The minimum Gasteiger partial charge on any atom is -0.395 e. The summed E-state index contributed by atoms with van der Waals surface area (Å²) in [5.41, 5.74) is 3.93. The number of carbonyl (C=O) groups excluding carboxylic acids is 1. The highest BCUT2D eigenvalue weighted by atomic mass is 16.3. The van der Waals surface area contributed by atoms with E-state index in [4.69, 9.17) is 0 Å². The summed E-state index contributed by atoms with van der Waals surface area (Å²) in [6, 6.07) is 10.1. The van der Waals surface area contributed by atoms with Gasteiger partial charge in [-0.15, -0.1) is 0 Å². The summed E-state index contributed by atoms with van der Waals surface area (Å²) in [7, 11) is 0. The van der Waals surface area contributed by atoms with Gasteiger partial charge in [0.05, 0.1) is 12.3 Å². The lowest BCUT2D eigenvalue weighted by molar-refractivity contribution is -0.114. The number of hydrogen-bond acceptors (Lipinski definition) is 4. The summed E-state index contributed by atoms with van der Waals surface area (Å²) in [5.74, 6) is 0.180. The first kappa shape index (κ1) is 14.9. The average Bonchev–Trinajstić information content (AvgIpc) is 2.97. The number of carbonyl (C=O) groups is 1. The molecular formula is C18H20N2O2. The van der Waals surface area contributed by atoms with Crippen LogP contribution in [0.25, 0.3) is 0 Å². The van der Waals surface area contributed by atoms with E-state index in [1.165, 1.54) is 5.56 Å². The topological polar surface area (TPSA) is 61.7 Å². The normalized spacial score (nSPS) is 18.4. The Morgan fingerprint density at radius 2 is 2.05 bits per heavy atom. The number of ketones is 1. The van der Waals surface area contributed by atoms with Crippen LogP contribution < -0.4 is 5.32 Å². The maximum atomic E-state index is 11.8. The number of aliphatic imine (C=N–C) groups is 1. The number of nitrogens with zero attached hydrogens (tertiary/aromatic N) is 1. The van der Waals surface area contributed by atoms with Crippen molar-refractivity contribution in [2.75, 3.05) is 13.2 Å². The zero-order valence-electron chi connectivity index (χ0n) is 12.5. The van der Waals surface area contributed by atoms with Gasteiger partial charge in [-0.2, -0.15) is 0 Å². The van der Waals surface area contributed by atoms with E-state index in [0.717, 1.165) is 23.3 Å². The fraction of sp³-hybridized carbons (Fsp3) is 0.333. The van der Waals surface area contributed by atoms with Crippen LogP contribution in [0.2, 0.25) is 0 Å². The molecule has 0 fully saturated rings. The Morgan fingerprint density at radius 3 is 2.82 bits per heavy atom. The van der Waals surface area contributed by atoms with Crippen molar-refractivity contribution in [1.82, 2.24) is 5.32 Å². The Kier molecular flexibility index (Phi) is 4.61. The molecule has 0 saturated heterocycles. The van der Waals surface area contributed by atoms with Crippen molar-refractivity contribution in [1.29, 1.82) is 0 Å². The van der Waals surface area contributed by atoms with Gasteiger partial charge in [-0.1, -0.05) is 36.4 Å². The highest BCUT2D eigenvalue weighted by Gasteiger charge is 2.24. The predicted molar refractivity (Wildman–Crippen MR) is 86.9 cm³/mol. The van der Waals surface area contributed by atoms with Crippen molar-refractivity contribution in [2.45, 2.75) is 25.3 Å². The SMILES string of the molecule is O=C1CC=NC2=C1CC=C2CN[C@@H](CO)Cc1ccccc1. The number of aliphatic hydroxyl groups is 1. The predicted octanol–water partition coefficient (Wildman–Crippen LogP) is 1.81. The van der Waals surface area contributed by atoms with Gasteiger partial charge in [-0.3, -0.25) is 9.79 Å². The molecule has 1 aromatic carbocycles. The first-order valence-corrected chi connectivity index (χ1v) is 7.64. The van der Waals surface area contributed by atoms with E-state index in [1.807, 2.05) is 18.2 Å². The van der Waals surface area contributed by atoms with Crippen LogP contribution in [-0.2, 0) is 11.2 Å². The molecule has 1 aliphatic heterocycles. The molecule has 4 heteroatoms. The molecule has 4 nitrogen and oxygen atoms in total. The third-order valence-corrected chi connectivity index (χ3v) is 4.10. The van der Waals surface area contributed by atoms with Crippen molar-refractivity contribution >= 4 is 12.0 Å². The third-order valence-electron chi connectivity index (χ3n) is 4.10. The van der Waals surface area contributed by atoms with Gasteiger partial charge >= 0.3 is 0 Å². The zero-order valence-corrected chi connectivity index (χ0v) is 12.5. The van der Waals surface area contributed by atoms with Crippen molar-refractivity contribution < 1.29 is 9.90 Å². The Hall–Kier alpha value is -2.04. The molecule has 114 valence electrons. The van der Waals surface area contributed by atoms with Gasteiger partial charge in [0.2, 0.25) is 0 Å². The largest absolute Gasteiger partial charge is 0.395 e. The molecule has 1 atom stereocenters. The molecule has 1 aliphatic carbocycles. The molecule has 0 spiro atoms. The van der Waals surface area contributed by atoms with E-state index in [1.54, 1.807) is 6.21 Å². The van der Waals surface area contributed by atoms with Crippen LogP contribution in [0.3, 0.4) is 0 Å². The quantitative estimate of drug-likeness (QED) is 0.841. The molecule has 3 rings (SSSR count). The molecule has 22 heavy (non-hydrogen) atoms. The second-order valence-electron chi connectivity index (χ2n) is 5.65. The maximum Gasteiger partial charge on any atom is 0.166 e. The van der Waals surface area contributed by atoms with Gasteiger partial charge in [0.15, 0.2) is 5.78 Å². The van der Waals surface area contributed by atoms with E-state index in [-0.39, 0.29) is 18.4 Å². The van der Waals surface area contributed by atoms with Crippen LogP contribution >= 0.6 is 0 Å². The molecule has 0 aromatic heterocycles. The number of allylic oxidation sites excluding steroid dienone is 2. The number of Topliss-reactive ketones (excluding diaryl/α,β-unsaturated/α-hetero) is 1. The average molecular weight is 296 g/mol. The standard InChI is InChI=1S/C18H20N2O2/c21-12-15(10-13-4-2-1-3-5-13)20-11-14-6-7-16-17(22)8-9-19-18(14)16/h1-6,9,15,20-21H,7-8,10-12H2/t15-/m1/s1. The summed E-state index contributed by atoms with van der Waals surface area (Å²) in [5, 5.41) is 12.9. The summed E-state index contributed by atoms with van der Waals surface area (Å²) in [6.07, 6.45) is 5.63. The fourth-order valence-corrected chi connectivity index (χ4v) is 2.87. The molecule has 2 N–H and O–H groups in total. The summed E-state index contributed by atoms with van der Waals surface area (Å²) >= 11 is 0. The van der Waals surface area contributed by atoms with E-state index < -0.39 is 0 Å².